The summed E-state index contributed by atoms with van der Waals surface area (Å²) >= 11 is 1.45. The van der Waals surface area contributed by atoms with Crippen LogP contribution in [0.4, 0.5) is 0 Å². The van der Waals surface area contributed by atoms with Gasteiger partial charge in [0.2, 0.25) is 6.79 Å². The van der Waals surface area contributed by atoms with Gasteiger partial charge < -0.3 is 20.1 Å². The molecular formula is C15H15N3O3S. The summed E-state index contributed by atoms with van der Waals surface area (Å²) in [5.41, 5.74) is 7.25. The van der Waals surface area contributed by atoms with Crippen LogP contribution in [0.3, 0.4) is 0 Å². The average Bonchev–Trinajstić information content (AvgIpc) is 3.25. The number of aromatic nitrogens is 1. The summed E-state index contributed by atoms with van der Waals surface area (Å²) in [5, 5.41) is 2.59. The summed E-state index contributed by atoms with van der Waals surface area (Å²) in [6.45, 7) is 1.56. The monoisotopic (exact) mass is 317 g/mol. The Labute approximate surface area is 131 Å². The van der Waals surface area contributed by atoms with E-state index in [9.17, 15) is 4.79 Å². The van der Waals surface area contributed by atoms with Gasteiger partial charge in [0.1, 0.15) is 10.7 Å². The summed E-state index contributed by atoms with van der Waals surface area (Å²) in [7, 11) is 0. The first kappa shape index (κ1) is 13.5. The van der Waals surface area contributed by atoms with Crippen molar-refractivity contribution in [3.05, 3.63) is 29.3 Å². The molecule has 1 aromatic carbocycles. The fourth-order valence-corrected chi connectivity index (χ4v) is 3.46. The first-order valence-corrected chi connectivity index (χ1v) is 7.99. The summed E-state index contributed by atoms with van der Waals surface area (Å²) < 4.78 is 10.7. The van der Waals surface area contributed by atoms with Crippen molar-refractivity contribution in [2.24, 2.45) is 5.73 Å². The molecule has 0 spiro atoms. The maximum atomic E-state index is 12.4. The Morgan fingerprint density at radius 1 is 1.36 bits per heavy atom. The van der Waals surface area contributed by atoms with E-state index in [1.54, 1.807) is 10.3 Å². The van der Waals surface area contributed by atoms with E-state index in [1.165, 1.54) is 11.3 Å². The first-order chi connectivity index (χ1) is 10.7. The molecule has 0 unspecified atom stereocenters. The molecule has 1 amide bonds. The highest BCUT2D eigenvalue weighted by molar-refractivity contribution is 7.13. The highest BCUT2D eigenvalue weighted by atomic mass is 32.1. The molecule has 2 N–H and O–H groups in total. The maximum absolute atomic E-state index is 12.4. The van der Waals surface area contributed by atoms with Crippen LogP contribution in [-0.4, -0.2) is 41.7 Å². The maximum Gasteiger partial charge on any atom is 0.273 e. The number of ether oxygens (including phenoxy) is 2. The number of hydrogen-bond donors (Lipinski definition) is 1. The molecule has 1 fully saturated rings. The Bertz CT molecular complexity index is 731. The minimum absolute atomic E-state index is 0.0452. The van der Waals surface area contributed by atoms with Crippen molar-refractivity contribution in [1.29, 1.82) is 0 Å². The molecule has 1 aromatic heterocycles. The van der Waals surface area contributed by atoms with E-state index in [0.717, 1.165) is 22.7 Å². The van der Waals surface area contributed by atoms with Crippen LogP contribution in [0.15, 0.2) is 23.6 Å². The van der Waals surface area contributed by atoms with Crippen LogP contribution in [-0.2, 0) is 0 Å². The topological polar surface area (TPSA) is 77.7 Å². The molecule has 0 aliphatic carbocycles. The molecule has 2 aromatic rings. The van der Waals surface area contributed by atoms with Crippen LogP contribution < -0.4 is 15.2 Å². The van der Waals surface area contributed by atoms with Crippen molar-refractivity contribution in [1.82, 2.24) is 9.88 Å². The van der Waals surface area contributed by atoms with Crippen molar-refractivity contribution < 1.29 is 14.3 Å². The number of nitrogens with two attached hydrogens (primary N) is 1. The predicted octanol–water partition coefficient (Wildman–Crippen LogP) is 1.71. The zero-order valence-corrected chi connectivity index (χ0v) is 12.6. The molecule has 3 heterocycles. The van der Waals surface area contributed by atoms with Gasteiger partial charge in [-0.15, -0.1) is 11.3 Å². The molecule has 0 radical (unpaired) electrons. The number of hydrogen-bond acceptors (Lipinski definition) is 6. The van der Waals surface area contributed by atoms with Gasteiger partial charge in [-0.25, -0.2) is 4.98 Å². The standard InChI is InChI=1S/C15H15N3O3S/c16-10-3-4-18(6-10)15(19)11-7-22-14(17-11)9-1-2-12-13(5-9)21-8-20-12/h1-2,5,7,10H,3-4,6,8,16H2/t10-/m1/s1. The number of rotatable bonds is 2. The van der Waals surface area contributed by atoms with Crippen molar-refractivity contribution in [2.75, 3.05) is 19.9 Å². The number of thiazole rings is 1. The van der Waals surface area contributed by atoms with Crippen LogP contribution in [0.5, 0.6) is 11.5 Å². The van der Waals surface area contributed by atoms with E-state index < -0.39 is 0 Å². The fourth-order valence-electron chi connectivity index (χ4n) is 2.67. The SMILES string of the molecule is N[C@@H]1CCN(C(=O)c2csc(-c3ccc4c(c3)OCO4)n2)C1. The highest BCUT2D eigenvalue weighted by Crippen LogP contribution is 2.36. The number of benzene rings is 1. The number of likely N-dealkylation sites (tertiary alicyclic amines) is 1. The molecule has 2 aliphatic heterocycles. The molecule has 0 bridgehead atoms. The second-order valence-corrected chi connectivity index (χ2v) is 6.26. The van der Waals surface area contributed by atoms with E-state index in [2.05, 4.69) is 4.98 Å². The number of carbonyl (C=O) groups excluding carboxylic acids is 1. The van der Waals surface area contributed by atoms with Crippen LogP contribution >= 0.6 is 11.3 Å². The highest BCUT2D eigenvalue weighted by Gasteiger charge is 2.26. The molecule has 7 heteroatoms. The van der Waals surface area contributed by atoms with Crippen molar-refractivity contribution in [2.45, 2.75) is 12.5 Å². The van der Waals surface area contributed by atoms with Gasteiger partial charge in [-0.2, -0.15) is 0 Å². The quantitative estimate of drug-likeness (QED) is 0.912. The van der Waals surface area contributed by atoms with Crippen molar-refractivity contribution in [3.8, 4) is 22.1 Å². The number of nitrogens with zero attached hydrogens (tertiary/aromatic N) is 2. The van der Waals surface area contributed by atoms with Gasteiger partial charge in [0, 0.05) is 30.1 Å². The van der Waals surface area contributed by atoms with Crippen LogP contribution in [0.1, 0.15) is 16.9 Å². The lowest BCUT2D eigenvalue weighted by atomic mass is 10.2. The summed E-state index contributed by atoms with van der Waals surface area (Å²) in [6, 6.07) is 5.75. The third kappa shape index (κ3) is 2.32. The number of carbonyl (C=O) groups is 1. The molecule has 2 aliphatic rings. The zero-order valence-electron chi connectivity index (χ0n) is 11.8. The molecular weight excluding hydrogens is 302 g/mol. The van der Waals surface area contributed by atoms with Crippen LogP contribution in [0, 0.1) is 0 Å². The zero-order chi connectivity index (χ0) is 15.1. The molecule has 6 nitrogen and oxygen atoms in total. The summed E-state index contributed by atoms with van der Waals surface area (Å²) in [5.74, 6) is 1.41. The van der Waals surface area contributed by atoms with E-state index in [0.29, 0.717) is 24.5 Å². The van der Waals surface area contributed by atoms with Crippen molar-refractivity contribution >= 4 is 17.2 Å². The molecule has 4 rings (SSSR count). The normalized spacial score (nSPS) is 19.7. The Kier molecular flexibility index (Phi) is 3.24. The van der Waals surface area contributed by atoms with E-state index in [-0.39, 0.29) is 18.7 Å². The third-order valence-corrected chi connectivity index (χ3v) is 4.75. The molecule has 114 valence electrons. The molecule has 22 heavy (non-hydrogen) atoms. The van der Waals surface area contributed by atoms with E-state index >= 15 is 0 Å². The lowest BCUT2D eigenvalue weighted by Gasteiger charge is -2.13. The summed E-state index contributed by atoms with van der Waals surface area (Å²) in [4.78, 5) is 18.6. The van der Waals surface area contributed by atoms with Crippen LogP contribution in [0.2, 0.25) is 0 Å². The Hall–Kier alpha value is -2.12. The fraction of sp³-hybridized carbons (Fsp3) is 0.333. The third-order valence-electron chi connectivity index (χ3n) is 3.85. The largest absolute Gasteiger partial charge is 0.454 e. The van der Waals surface area contributed by atoms with Gasteiger partial charge in [0.05, 0.1) is 0 Å². The second kappa shape index (κ2) is 5.26. The molecule has 1 saturated heterocycles. The lowest BCUT2D eigenvalue weighted by molar-refractivity contribution is 0.0786. The minimum Gasteiger partial charge on any atom is -0.454 e. The Morgan fingerprint density at radius 3 is 3.05 bits per heavy atom. The molecule has 0 saturated carbocycles. The predicted molar refractivity (Wildman–Crippen MR) is 82.2 cm³/mol. The lowest BCUT2D eigenvalue weighted by Crippen LogP contribution is -2.32. The van der Waals surface area contributed by atoms with Gasteiger partial charge in [0.25, 0.3) is 5.91 Å². The average molecular weight is 317 g/mol. The van der Waals surface area contributed by atoms with Gasteiger partial charge >= 0.3 is 0 Å². The summed E-state index contributed by atoms with van der Waals surface area (Å²) in [6.07, 6.45) is 0.852. The molecule has 1 atom stereocenters. The first-order valence-electron chi connectivity index (χ1n) is 7.11. The van der Waals surface area contributed by atoms with E-state index in [1.807, 2.05) is 18.2 Å². The smallest absolute Gasteiger partial charge is 0.273 e. The van der Waals surface area contributed by atoms with Gasteiger partial charge in [-0.05, 0) is 24.6 Å². The number of fused-ring (bicyclic) bond motifs is 1. The van der Waals surface area contributed by atoms with Gasteiger partial charge in [0.15, 0.2) is 11.5 Å². The van der Waals surface area contributed by atoms with Gasteiger partial charge in [-0.3, -0.25) is 4.79 Å². The van der Waals surface area contributed by atoms with Crippen LogP contribution in [0.25, 0.3) is 10.6 Å². The Balaban J connectivity index is 1.57. The van der Waals surface area contributed by atoms with Crippen molar-refractivity contribution in [3.63, 3.8) is 0 Å². The second-order valence-electron chi connectivity index (χ2n) is 5.41. The minimum atomic E-state index is -0.0452. The van der Waals surface area contributed by atoms with Gasteiger partial charge in [-0.1, -0.05) is 0 Å². The Morgan fingerprint density at radius 2 is 2.23 bits per heavy atom. The van der Waals surface area contributed by atoms with E-state index in [4.69, 9.17) is 15.2 Å². The number of amides is 1.